The molecule has 1 rings (SSSR count). The third-order valence-corrected chi connectivity index (χ3v) is 4.82. The SMILES string of the molecule is CCC(C)NC(=O)CN(CC)C1(CN)CCCCCC1. The minimum absolute atomic E-state index is 0.0397. The molecule has 4 nitrogen and oxygen atoms in total. The molecule has 1 amide bonds. The van der Waals surface area contributed by atoms with Crippen LogP contribution in [-0.2, 0) is 4.79 Å². The van der Waals surface area contributed by atoms with Crippen LogP contribution in [0.3, 0.4) is 0 Å². The van der Waals surface area contributed by atoms with Crippen LogP contribution in [0.1, 0.15) is 65.7 Å². The van der Waals surface area contributed by atoms with Gasteiger partial charge in [0.05, 0.1) is 6.54 Å². The molecule has 0 radical (unpaired) electrons. The monoisotopic (exact) mass is 283 g/mol. The van der Waals surface area contributed by atoms with Gasteiger partial charge in [-0.15, -0.1) is 0 Å². The van der Waals surface area contributed by atoms with E-state index in [0.29, 0.717) is 13.1 Å². The Labute approximate surface area is 124 Å². The molecule has 4 heteroatoms. The number of hydrogen-bond acceptors (Lipinski definition) is 3. The summed E-state index contributed by atoms with van der Waals surface area (Å²) in [6.45, 7) is 8.33. The number of nitrogens with two attached hydrogens (primary N) is 1. The van der Waals surface area contributed by atoms with Crippen LogP contribution in [0.2, 0.25) is 0 Å². The van der Waals surface area contributed by atoms with Crippen LogP contribution in [0.25, 0.3) is 0 Å². The van der Waals surface area contributed by atoms with E-state index in [4.69, 9.17) is 5.73 Å². The Morgan fingerprint density at radius 2 is 1.85 bits per heavy atom. The first-order chi connectivity index (χ1) is 9.57. The van der Waals surface area contributed by atoms with Gasteiger partial charge in [-0.25, -0.2) is 0 Å². The molecule has 1 saturated carbocycles. The molecule has 118 valence electrons. The fourth-order valence-corrected chi connectivity index (χ4v) is 3.25. The number of nitrogens with one attached hydrogen (secondary N) is 1. The van der Waals surface area contributed by atoms with Crippen LogP contribution in [-0.4, -0.2) is 42.0 Å². The Morgan fingerprint density at radius 1 is 1.25 bits per heavy atom. The van der Waals surface area contributed by atoms with Gasteiger partial charge in [-0.1, -0.05) is 39.5 Å². The van der Waals surface area contributed by atoms with E-state index in [0.717, 1.165) is 25.8 Å². The quantitative estimate of drug-likeness (QED) is 0.705. The van der Waals surface area contributed by atoms with Crippen molar-refractivity contribution in [3.05, 3.63) is 0 Å². The van der Waals surface area contributed by atoms with Crippen molar-refractivity contribution < 1.29 is 4.79 Å². The van der Waals surface area contributed by atoms with Gasteiger partial charge in [0, 0.05) is 18.1 Å². The van der Waals surface area contributed by atoms with Crippen LogP contribution in [0.5, 0.6) is 0 Å². The first-order valence-electron chi connectivity index (χ1n) is 8.32. The van der Waals surface area contributed by atoms with Gasteiger partial charge in [0.1, 0.15) is 0 Å². The lowest BCUT2D eigenvalue weighted by Crippen LogP contribution is -2.56. The van der Waals surface area contributed by atoms with Gasteiger partial charge in [0.2, 0.25) is 5.91 Å². The first kappa shape index (κ1) is 17.4. The van der Waals surface area contributed by atoms with E-state index in [9.17, 15) is 4.79 Å². The summed E-state index contributed by atoms with van der Waals surface area (Å²) >= 11 is 0. The summed E-state index contributed by atoms with van der Waals surface area (Å²) in [6, 6.07) is 0.254. The van der Waals surface area contributed by atoms with Gasteiger partial charge < -0.3 is 11.1 Å². The number of rotatable bonds is 7. The minimum Gasteiger partial charge on any atom is -0.353 e. The third kappa shape index (κ3) is 4.74. The van der Waals surface area contributed by atoms with Crippen LogP contribution in [0.4, 0.5) is 0 Å². The second-order valence-corrected chi connectivity index (χ2v) is 6.23. The molecule has 1 atom stereocenters. The van der Waals surface area contributed by atoms with E-state index in [1.165, 1.54) is 25.7 Å². The molecule has 0 aromatic carbocycles. The zero-order chi connectivity index (χ0) is 15.0. The molecule has 0 spiro atoms. The number of nitrogens with zero attached hydrogens (tertiary/aromatic N) is 1. The van der Waals surface area contributed by atoms with Crippen molar-refractivity contribution in [2.75, 3.05) is 19.6 Å². The van der Waals surface area contributed by atoms with E-state index in [2.05, 4.69) is 31.0 Å². The zero-order valence-corrected chi connectivity index (χ0v) is 13.6. The van der Waals surface area contributed by atoms with Crippen molar-refractivity contribution >= 4 is 5.91 Å². The van der Waals surface area contributed by atoms with Crippen LogP contribution < -0.4 is 11.1 Å². The summed E-state index contributed by atoms with van der Waals surface area (Å²) in [5, 5.41) is 3.07. The van der Waals surface area contributed by atoms with Crippen molar-refractivity contribution in [3.63, 3.8) is 0 Å². The van der Waals surface area contributed by atoms with Gasteiger partial charge >= 0.3 is 0 Å². The van der Waals surface area contributed by atoms with Crippen molar-refractivity contribution in [1.29, 1.82) is 0 Å². The number of carbonyl (C=O) groups excluding carboxylic acids is 1. The van der Waals surface area contributed by atoms with Gasteiger partial charge in [-0.3, -0.25) is 9.69 Å². The summed E-state index contributed by atoms with van der Waals surface area (Å²) in [4.78, 5) is 14.5. The summed E-state index contributed by atoms with van der Waals surface area (Å²) < 4.78 is 0. The van der Waals surface area contributed by atoms with Crippen molar-refractivity contribution in [2.24, 2.45) is 5.73 Å². The molecule has 3 N–H and O–H groups in total. The topological polar surface area (TPSA) is 58.4 Å². The van der Waals surface area contributed by atoms with Gasteiger partial charge in [-0.2, -0.15) is 0 Å². The average molecular weight is 283 g/mol. The highest BCUT2D eigenvalue weighted by molar-refractivity contribution is 5.78. The molecule has 20 heavy (non-hydrogen) atoms. The van der Waals surface area contributed by atoms with Crippen LogP contribution in [0.15, 0.2) is 0 Å². The number of likely N-dealkylation sites (N-methyl/N-ethyl adjacent to an activating group) is 1. The Kier molecular flexibility index (Phi) is 7.52. The molecule has 0 saturated heterocycles. The molecule has 1 aliphatic carbocycles. The normalized spacial score (nSPS) is 20.4. The fourth-order valence-electron chi connectivity index (χ4n) is 3.25. The maximum Gasteiger partial charge on any atom is 0.234 e. The van der Waals surface area contributed by atoms with Crippen LogP contribution >= 0.6 is 0 Å². The standard InChI is InChI=1S/C16H33N3O/c1-4-14(3)18-15(20)12-19(5-2)16(13-17)10-8-6-7-9-11-16/h14H,4-13,17H2,1-3H3,(H,18,20). The smallest absolute Gasteiger partial charge is 0.234 e. The largest absolute Gasteiger partial charge is 0.353 e. The molecule has 0 aliphatic heterocycles. The second kappa shape index (κ2) is 8.63. The Morgan fingerprint density at radius 3 is 2.30 bits per heavy atom. The van der Waals surface area contributed by atoms with Crippen LogP contribution in [0, 0.1) is 0 Å². The van der Waals surface area contributed by atoms with E-state index >= 15 is 0 Å². The summed E-state index contributed by atoms with van der Waals surface area (Å²) in [7, 11) is 0. The molecule has 0 aromatic rings. The highest BCUT2D eigenvalue weighted by Gasteiger charge is 2.35. The lowest BCUT2D eigenvalue weighted by atomic mass is 9.88. The average Bonchev–Trinajstić information content (AvgIpc) is 2.70. The third-order valence-electron chi connectivity index (χ3n) is 4.82. The molecular weight excluding hydrogens is 250 g/mol. The number of amides is 1. The Hall–Kier alpha value is -0.610. The highest BCUT2D eigenvalue weighted by Crippen LogP contribution is 2.31. The number of carbonyl (C=O) groups is 1. The molecule has 1 fully saturated rings. The molecule has 0 bridgehead atoms. The fraction of sp³-hybridized carbons (Fsp3) is 0.938. The maximum absolute atomic E-state index is 12.2. The van der Waals surface area contributed by atoms with E-state index in [1.54, 1.807) is 0 Å². The van der Waals surface area contributed by atoms with Crippen molar-refractivity contribution in [1.82, 2.24) is 10.2 Å². The summed E-state index contributed by atoms with van der Waals surface area (Å²) in [5.41, 5.74) is 6.15. The lowest BCUT2D eigenvalue weighted by molar-refractivity contribution is -0.124. The van der Waals surface area contributed by atoms with Gasteiger partial charge in [0.15, 0.2) is 0 Å². The number of hydrogen-bond donors (Lipinski definition) is 2. The predicted molar refractivity (Wildman–Crippen MR) is 84.6 cm³/mol. The van der Waals surface area contributed by atoms with E-state index in [1.807, 2.05) is 0 Å². The zero-order valence-electron chi connectivity index (χ0n) is 13.6. The predicted octanol–water partition coefficient (Wildman–Crippen LogP) is 2.27. The Balaban J connectivity index is 2.68. The van der Waals surface area contributed by atoms with Gasteiger partial charge in [0.25, 0.3) is 0 Å². The van der Waals surface area contributed by atoms with E-state index < -0.39 is 0 Å². The summed E-state index contributed by atoms with van der Waals surface area (Å²) in [5.74, 6) is 0.137. The first-order valence-corrected chi connectivity index (χ1v) is 8.32. The maximum atomic E-state index is 12.2. The molecule has 1 aliphatic rings. The lowest BCUT2D eigenvalue weighted by Gasteiger charge is -2.42. The summed E-state index contributed by atoms with van der Waals surface area (Å²) in [6.07, 6.45) is 8.32. The molecular formula is C16H33N3O. The second-order valence-electron chi connectivity index (χ2n) is 6.23. The highest BCUT2D eigenvalue weighted by atomic mass is 16.2. The molecule has 0 heterocycles. The van der Waals surface area contributed by atoms with Gasteiger partial charge in [-0.05, 0) is 32.7 Å². The molecule has 0 aromatic heterocycles. The minimum atomic E-state index is 0.0397. The van der Waals surface area contributed by atoms with Crippen molar-refractivity contribution in [3.8, 4) is 0 Å². The van der Waals surface area contributed by atoms with Crippen molar-refractivity contribution in [2.45, 2.75) is 77.3 Å². The van der Waals surface area contributed by atoms with E-state index in [-0.39, 0.29) is 17.5 Å². The Bertz CT molecular complexity index is 285. The molecule has 1 unspecified atom stereocenters.